The Kier molecular flexibility index (Phi) is 19.5. The standard InChI is InChI=1S/C27H38N2O4.C16H16N2O2.ClH/c1-20(2)27(19-28,22-10-12-24(31-5)26(18-22)33-7)14-8-15-29(3)16-13-21-9-11-23(30-4)25(17-21)32-6;19-15-7-3-1-5-13(15)11-17-9-10-18-12-14-6-2-4-8-16(14)20;/h9-12,17-18,20H,8,13-16H2,1-7H3;1-8,11-12,19-20H,9-10H2;1H/b;17-11+,18-12+;. The summed E-state index contributed by atoms with van der Waals surface area (Å²) in [5, 5.41) is 29.3. The first-order valence-corrected chi connectivity index (χ1v) is 17.7. The molecule has 0 fully saturated rings. The Hall–Kier alpha value is -5.24. The third kappa shape index (κ3) is 13.0. The van der Waals surface area contributed by atoms with Gasteiger partial charge in [-0.1, -0.05) is 50.2 Å². The van der Waals surface area contributed by atoms with Crippen molar-refractivity contribution in [2.75, 3.05) is 61.7 Å². The van der Waals surface area contributed by atoms with E-state index in [-0.39, 0.29) is 29.8 Å². The van der Waals surface area contributed by atoms with Crippen molar-refractivity contribution < 1.29 is 29.2 Å². The predicted octanol–water partition coefficient (Wildman–Crippen LogP) is 8.15. The summed E-state index contributed by atoms with van der Waals surface area (Å²) in [6.07, 6.45) is 5.87. The number of halogens is 1. The Balaban J connectivity index is 0.000000410. The summed E-state index contributed by atoms with van der Waals surface area (Å²) in [6.45, 7) is 7.11. The zero-order chi connectivity index (χ0) is 38.6. The van der Waals surface area contributed by atoms with Crippen molar-refractivity contribution in [2.24, 2.45) is 15.9 Å². The summed E-state index contributed by atoms with van der Waals surface area (Å²) in [7, 11) is 8.67. The molecule has 0 radical (unpaired) electrons. The molecule has 0 saturated carbocycles. The normalized spacial score (nSPS) is 12.1. The number of hydrogen-bond acceptors (Lipinski definition) is 10. The van der Waals surface area contributed by atoms with Crippen LogP contribution in [0.15, 0.2) is 94.9 Å². The minimum atomic E-state index is -0.580. The molecule has 4 rings (SSSR count). The largest absolute Gasteiger partial charge is 0.507 e. The number of nitrogens with zero attached hydrogens (tertiary/aromatic N) is 4. The van der Waals surface area contributed by atoms with Crippen molar-refractivity contribution in [2.45, 2.75) is 38.5 Å². The van der Waals surface area contributed by atoms with Gasteiger partial charge in [0.05, 0.1) is 53.0 Å². The molecule has 11 heteroatoms. The monoisotopic (exact) mass is 758 g/mol. The van der Waals surface area contributed by atoms with Gasteiger partial charge in [-0.15, -0.1) is 12.4 Å². The fourth-order valence-corrected chi connectivity index (χ4v) is 5.86. The van der Waals surface area contributed by atoms with Gasteiger partial charge in [0, 0.05) is 30.1 Å². The molecule has 290 valence electrons. The maximum atomic E-state index is 10.2. The van der Waals surface area contributed by atoms with Crippen LogP contribution in [-0.4, -0.2) is 89.2 Å². The van der Waals surface area contributed by atoms with Crippen LogP contribution >= 0.6 is 12.4 Å². The lowest BCUT2D eigenvalue weighted by atomic mass is 9.69. The number of aliphatic imine (C=N–C) groups is 2. The maximum Gasteiger partial charge on any atom is 0.161 e. The van der Waals surface area contributed by atoms with E-state index < -0.39 is 5.41 Å². The van der Waals surface area contributed by atoms with Gasteiger partial charge >= 0.3 is 0 Å². The highest BCUT2D eigenvalue weighted by Crippen LogP contribution is 2.40. The van der Waals surface area contributed by atoms with E-state index in [2.05, 4.69) is 47.9 Å². The smallest absolute Gasteiger partial charge is 0.161 e. The third-order valence-electron chi connectivity index (χ3n) is 9.12. The van der Waals surface area contributed by atoms with E-state index in [0.29, 0.717) is 35.7 Å². The minimum Gasteiger partial charge on any atom is -0.507 e. The van der Waals surface area contributed by atoms with Crippen LogP contribution in [0.3, 0.4) is 0 Å². The van der Waals surface area contributed by atoms with E-state index >= 15 is 0 Å². The van der Waals surface area contributed by atoms with Gasteiger partial charge in [-0.2, -0.15) is 5.26 Å². The number of phenols is 2. The Bertz CT molecular complexity index is 1770. The Morgan fingerprint density at radius 3 is 1.70 bits per heavy atom. The van der Waals surface area contributed by atoms with Crippen LogP contribution in [-0.2, 0) is 11.8 Å². The summed E-state index contributed by atoms with van der Waals surface area (Å²) in [4.78, 5) is 10.7. The second-order valence-electron chi connectivity index (χ2n) is 12.8. The molecule has 1 atom stereocenters. The molecule has 0 amide bonds. The van der Waals surface area contributed by atoms with Gasteiger partial charge in [0.25, 0.3) is 0 Å². The van der Waals surface area contributed by atoms with Crippen molar-refractivity contribution >= 4 is 24.8 Å². The van der Waals surface area contributed by atoms with Gasteiger partial charge in [0.15, 0.2) is 23.0 Å². The highest BCUT2D eigenvalue weighted by atomic mass is 35.5. The van der Waals surface area contributed by atoms with Gasteiger partial charge in [-0.3, -0.25) is 9.98 Å². The second-order valence-corrected chi connectivity index (χ2v) is 12.8. The Morgan fingerprint density at radius 2 is 1.22 bits per heavy atom. The number of hydrogen-bond donors (Lipinski definition) is 2. The first kappa shape index (κ1) is 44.9. The molecule has 0 heterocycles. The highest BCUT2D eigenvalue weighted by molar-refractivity contribution is 5.85. The van der Waals surface area contributed by atoms with Crippen LogP contribution < -0.4 is 18.9 Å². The van der Waals surface area contributed by atoms with Crippen molar-refractivity contribution in [3.63, 3.8) is 0 Å². The van der Waals surface area contributed by atoms with E-state index in [1.807, 2.05) is 42.5 Å². The molecule has 10 nitrogen and oxygen atoms in total. The lowest BCUT2D eigenvalue weighted by molar-refractivity contribution is 0.292. The predicted molar refractivity (Wildman–Crippen MR) is 220 cm³/mol. The lowest BCUT2D eigenvalue weighted by Gasteiger charge is -2.32. The second kappa shape index (κ2) is 23.4. The van der Waals surface area contributed by atoms with Crippen LogP contribution in [0.2, 0.25) is 0 Å². The van der Waals surface area contributed by atoms with Crippen molar-refractivity contribution in [3.05, 3.63) is 107 Å². The molecular formula is C43H55ClN4O6. The van der Waals surface area contributed by atoms with Gasteiger partial charge in [0.2, 0.25) is 0 Å². The Morgan fingerprint density at radius 1 is 0.722 bits per heavy atom. The van der Waals surface area contributed by atoms with Crippen LogP contribution in [0.1, 0.15) is 48.9 Å². The summed E-state index contributed by atoms with van der Waals surface area (Å²) < 4.78 is 21.6. The average Bonchev–Trinajstić information content (AvgIpc) is 3.18. The van der Waals surface area contributed by atoms with E-state index in [1.165, 1.54) is 5.56 Å². The molecule has 0 aliphatic carbocycles. The van der Waals surface area contributed by atoms with Crippen LogP contribution in [0, 0.1) is 17.2 Å². The first-order valence-electron chi connectivity index (χ1n) is 17.7. The van der Waals surface area contributed by atoms with E-state index in [4.69, 9.17) is 18.9 Å². The number of aromatic hydroxyl groups is 2. The lowest BCUT2D eigenvalue weighted by Crippen LogP contribution is -2.32. The zero-order valence-electron chi connectivity index (χ0n) is 32.5. The topological polar surface area (TPSA) is 129 Å². The van der Waals surface area contributed by atoms with Gasteiger partial charge in [-0.25, -0.2) is 0 Å². The molecule has 54 heavy (non-hydrogen) atoms. The average molecular weight is 759 g/mol. The summed E-state index contributed by atoms with van der Waals surface area (Å²) in [6, 6.07) is 28.6. The fourth-order valence-electron chi connectivity index (χ4n) is 5.86. The van der Waals surface area contributed by atoms with E-state index in [9.17, 15) is 15.5 Å². The van der Waals surface area contributed by atoms with Crippen molar-refractivity contribution in [3.8, 4) is 40.6 Å². The maximum absolute atomic E-state index is 10.2. The molecule has 0 aliphatic rings. The van der Waals surface area contributed by atoms with Crippen molar-refractivity contribution in [1.29, 1.82) is 5.26 Å². The number of phenolic OH excluding ortho intramolecular Hbond substituents is 2. The minimum absolute atomic E-state index is 0. The molecule has 0 saturated heterocycles. The molecule has 1 unspecified atom stereocenters. The van der Waals surface area contributed by atoms with Gasteiger partial charge in [0.1, 0.15) is 11.5 Å². The summed E-state index contributed by atoms with van der Waals surface area (Å²) in [5.41, 5.74) is 2.99. The van der Waals surface area contributed by atoms with Gasteiger partial charge in [-0.05, 0) is 98.4 Å². The van der Waals surface area contributed by atoms with E-state index in [1.54, 1.807) is 77.3 Å². The van der Waals surface area contributed by atoms with Crippen LogP contribution in [0.4, 0.5) is 0 Å². The van der Waals surface area contributed by atoms with Gasteiger partial charge < -0.3 is 34.1 Å². The van der Waals surface area contributed by atoms with Crippen LogP contribution in [0.5, 0.6) is 34.5 Å². The summed E-state index contributed by atoms with van der Waals surface area (Å²) >= 11 is 0. The number of para-hydroxylation sites is 2. The molecule has 2 N–H and O–H groups in total. The van der Waals surface area contributed by atoms with Crippen molar-refractivity contribution in [1.82, 2.24) is 4.90 Å². The number of ether oxygens (including phenoxy) is 4. The van der Waals surface area contributed by atoms with Crippen LogP contribution in [0.25, 0.3) is 0 Å². The molecule has 0 spiro atoms. The van der Waals surface area contributed by atoms with E-state index in [0.717, 1.165) is 49.4 Å². The fraction of sp³-hybridized carbons (Fsp3) is 0.372. The molecule has 4 aromatic carbocycles. The summed E-state index contributed by atoms with van der Waals surface area (Å²) in [5.74, 6) is 3.42. The first-order chi connectivity index (χ1) is 25.6. The molecule has 0 bridgehead atoms. The number of nitriles is 1. The number of benzene rings is 4. The number of likely N-dealkylation sites (N-methyl/N-ethyl adjacent to an activating group) is 1. The highest BCUT2D eigenvalue weighted by Gasteiger charge is 2.36. The number of rotatable bonds is 18. The Labute approximate surface area is 327 Å². The quantitative estimate of drug-likeness (QED) is 0.0769. The molecule has 0 aromatic heterocycles. The SMILES string of the molecule is COc1ccc(CCN(C)CCCC(C#N)(c2ccc(OC)c(OC)c2)C(C)C)cc1OC.Cl.Oc1ccccc1/C=N/CC/N=C/c1ccccc1O. The third-order valence-corrected chi connectivity index (χ3v) is 9.12. The number of methoxy groups -OCH3 is 4. The molecule has 0 aliphatic heterocycles. The molecular weight excluding hydrogens is 704 g/mol. The zero-order valence-corrected chi connectivity index (χ0v) is 33.3. The molecule has 4 aromatic rings.